The van der Waals surface area contributed by atoms with Crippen molar-refractivity contribution in [1.82, 2.24) is 18.9 Å². The fourth-order valence-electron chi connectivity index (χ4n) is 3.62. The zero-order valence-corrected chi connectivity index (χ0v) is 17.6. The monoisotopic (exact) mass is 421 g/mol. The molecule has 0 radical (unpaired) electrons. The van der Waals surface area contributed by atoms with Gasteiger partial charge in [0.25, 0.3) is 5.56 Å². The third kappa shape index (κ3) is 3.81. The summed E-state index contributed by atoms with van der Waals surface area (Å²) in [6, 6.07) is 10.7. The number of benzene rings is 1. The van der Waals surface area contributed by atoms with Crippen molar-refractivity contribution in [3.63, 3.8) is 0 Å². The Labute approximate surface area is 177 Å². The molecule has 160 valence electrons. The number of nitrogens with one attached hydrogen (secondary N) is 1. The maximum Gasteiger partial charge on any atom is 0.332 e. The van der Waals surface area contributed by atoms with E-state index in [0.29, 0.717) is 29.2 Å². The molecular weight excluding hydrogens is 398 g/mol. The highest BCUT2D eigenvalue weighted by Crippen LogP contribution is 2.15. The molecule has 9 nitrogen and oxygen atoms in total. The highest BCUT2D eigenvalue weighted by atomic mass is 16.3. The van der Waals surface area contributed by atoms with Crippen LogP contribution >= 0.6 is 0 Å². The highest BCUT2D eigenvalue weighted by molar-refractivity contribution is 5.91. The van der Waals surface area contributed by atoms with E-state index in [0.717, 1.165) is 10.1 Å². The number of hydrogen-bond donors (Lipinski definition) is 1. The largest absolute Gasteiger partial charge is 0.467 e. The number of carbonyl (C=O) groups is 1. The van der Waals surface area contributed by atoms with Crippen molar-refractivity contribution >= 4 is 22.6 Å². The lowest BCUT2D eigenvalue weighted by atomic mass is 10.2. The predicted molar refractivity (Wildman–Crippen MR) is 116 cm³/mol. The van der Waals surface area contributed by atoms with Crippen LogP contribution in [0.4, 0.5) is 5.69 Å². The van der Waals surface area contributed by atoms with E-state index in [4.69, 9.17) is 4.42 Å². The normalized spacial score (nSPS) is 11.2. The highest BCUT2D eigenvalue weighted by Gasteiger charge is 2.22. The second-order valence-electron chi connectivity index (χ2n) is 7.35. The number of fused-ring (bicyclic) bond motifs is 1. The zero-order valence-electron chi connectivity index (χ0n) is 17.6. The molecule has 1 aromatic carbocycles. The van der Waals surface area contributed by atoms with Crippen molar-refractivity contribution in [2.24, 2.45) is 0 Å². The Bertz CT molecular complexity index is 1360. The molecule has 0 aliphatic heterocycles. The van der Waals surface area contributed by atoms with Crippen LogP contribution in [0.1, 0.15) is 23.9 Å². The first-order valence-corrected chi connectivity index (χ1v) is 9.98. The molecule has 0 saturated carbocycles. The Hall–Kier alpha value is -3.88. The van der Waals surface area contributed by atoms with Gasteiger partial charge in [0, 0.05) is 12.2 Å². The average Bonchev–Trinajstić information content (AvgIpc) is 3.37. The molecule has 0 saturated heterocycles. The van der Waals surface area contributed by atoms with Crippen molar-refractivity contribution in [2.45, 2.75) is 40.4 Å². The van der Waals surface area contributed by atoms with E-state index in [-0.39, 0.29) is 24.5 Å². The van der Waals surface area contributed by atoms with Gasteiger partial charge in [-0.15, -0.1) is 0 Å². The van der Waals surface area contributed by atoms with E-state index < -0.39 is 11.2 Å². The number of furan rings is 1. The van der Waals surface area contributed by atoms with Crippen LogP contribution in [-0.2, 0) is 24.4 Å². The molecule has 4 rings (SSSR count). The summed E-state index contributed by atoms with van der Waals surface area (Å²) in [6.07, 6.45) is 1.48. The van der Waals surface area contributed by atoms with E-state index in [1.54, 1.807) is 35.9 Å². The first-order chi connectivity index (χ1) is 14.9. The molecular formula is C22H23N5O4. The van der Waals surface area contributed by atoms with Gasteiger partial charge in [-0.3, -0.25) is 23.4 Å². The molecule has 1 N–H and O–H groups in total. The molecule has 3 aromatic heterocycles. The van der Waals surface area contributed by atoms with Gasteiger partial charge in [0.05, 0.1) is 18.5 Å². The number of aromatic nitrogens is 4. The summed E-state index contributed by atoms with van der Waals surface area (Å²) >= 11 is 0. The molecule has 0 fully saturated rings. The van der Waals surface area contributed by atoms with Gasteiger partial charge < -0.3 is 9.73 Å². The van der Waals surface area contributed by atoms with Crippen LogP contribution < -0.4 is 16.6 Å². The molecule has 0 aliphatic rings. The lowest BCUT2D eigenvalue weighted by Crippen LogP contribution is -2.42. The maximum atomic E-state index is 13.3. The SMILES string of the molecule is CCn1nc(C)c2c1c(=O)n(Cc1ccco1)c(=O)n2CC(=O)Nc1ccc(C)cc1. The zero-order chi connectivity index (χ0) is 22.1. The van der Waals surface area contributed by atoms with E-state index >= 15 is 0 Å². The second kappa shape index (κ2) is 8.10. The number of nitrogens with zero attached hydrogens (tertiary/aromatic N) is 4. The summed E-state index contributed by atoms with van der Waals surface area (Å²) in [7, 11) is 0. The number of amides is 1. The van der Waals surface area contributed by atoms with Crippen molar-refractivity contribution < 1.29 is 9.21 Å². The van der Waals surface area contributed by atoms with Crippen LogP contribution in [0.3, 0.4) is 0 Å². The molecule has 0 unspecified atom stereocenters. The minimum Gasteiger partial charge on any atom is -0.467 e. The quantitative estimate of drug-likeness (QED) is 0.514. The van der Waals surface area contributed by atoms with Crippen molar-refractivity contribution in [3.8, 4) is 0 Å². The topological polar surface area (TPSA) is 104 Å². The van der Waals surface area contributed by atoms with Gasteiger partial charge in [-0.05, 0) is 45.0 Å². The van der Waals surface area contributed by atoms with Crippen LogP contribution in [0.25, 0.3) is 11.0 Å². The van der Waals surface area contributed by atoms with Crippen LogP contribution in [0.5, 0.6) is 0 Å². The molecule has 0 bridgehead atoms. The van der Waals surface area contributed by atoms with Crippen LogP contribution in [-0.4, -0.2) is 24.8 Å². The summed E-state index contributed by atoms with van der Waals surface area (Å²) in [5.41, 5.74) is 1.81. The van der Waals surface area contributed by atoms with Gasteiger partial charge in [0.2, 0.25) is 5.91 Å². The molecule has 31 heavy (non-hydrogen) atoms. The van der Waals surface area contributed by atoms with Crippen molar-refractivity contribution in [1.29, 1.82) is 0 Å². The number of rotatable bonds is 6. The van der Waals surface area contributed by atoms with E-state index in [9.17, 15) is 14.4 Å². The van der Waals surface area contributed by atoms with E-state index in [2.05, 4.69) is 10.4 Å². The minimum atomic E-state index is -0.591. The fraction of sp³-hybridized carbons (Fsp3) is 0.273. The number of carbonyl (C=O) groups excluding carboxylic acids is 1. The Morgan fingerprint density at radius 2 is 1.81 bits per heavy atom. The third-order valence-corrected chi connectivity index (χ3v) is 5.11. The molecule has 0 atom stereocenters. The molecule has 1 amide bonds. The summed E-state index contributed by atoms with van der Waals surface area (Å²) in [6.45, 7) is 5.71. The first-order valence-electron chi connectivity index (χ1n) is 9.98. The lowest BCUT2D eigenvalue weighted by molar-refractivity contribution is -0.116. The first kappa shape index (κ1) is 20.4. The third-order valence-electron chi connectivity index (χ3n) is 5.11. The number of hydrogen-bond acceptors (Lipinski definition) is 5. The molecule has 0 spiro atoms. The van der Waals surface area contributed by atoms with Gasteiger partial charge in [-0.25, -0.2) is 4.79 Å². The van der Waals surface area contributed by atoms with Crippen LogP contribution in [0.2, 0.25) is 0 Å². The molecule has 9 heteroatoms. The van der Waals surface area contributed by atoms with Crippen LogP contribution in [0.15, 0.2) is 56.7 Å². The fourth-order valence-corrected chi connectivity index (χ4v) is 3.62. The Morgan fingerprint density at radius 1 is 1.06 bits per heavy atom. The maximum absolute atomic E-state index is 13.3. The summed E-state index contributed by atoms with van der Waals surface area (Å²) in [5.74, 6) is 0.0904. The summed E-state index contributed by atoms with van der Waals surface area (Å²) in [4.78, 5) is 39.2. The molecule has 3 heterocycles. The standard InChI is InChI=1S/C22H23N5O4/c1-4-27-20-19(15(3)24-27)25(13-18(28)23-16-9-7-14(2)8-10-16)22(30)26(21(20)29)12-17-6-5-11-31-17/h5-11H,4,12-13H2,1-3H3,(H,23,28). The van der Waals surface area contributed by atoms with Crippen LogP contribution in [0, 0.1) is 13.8 Å². The lowest BCUT2D eigenvalue weighted by Gasteiger charge is -2.13. The summed E-state index contributed by atoms with van der Waals surface area (Å²) < 4.78 is 9.26. The predicted octanol–water partition coefficient (Wildman–Crippen LogP) is 2.28. The molecule has 0 aliphatic carbocycles. The number of anilines is 1. The van der Waals surface area contributed by atoms with Gasteiger partial charge in [-0.1, -0.05) is 17.7 Å². The smallest absolute Gasteiger partial charge is 0.332 e. The average molecular weight is 421 g/mol. The van der Waals surface area contributed by atoms with Gasteiger partial charge in [-0.2, -0.15) is 5.10 Å². The second-order valence-corrected chi connectivity index (χ2v) is 7.35. The van der Waals surface area contributed by atoms with Crippen molar-refractivity contribution in [3.05, 3.63) is 80.5 Å². The van der Waals surface area contributed by atoms with Gasteiger partial charge in [0.1, 0.15) is 17.8 Å². The van der Waals surface area contributed by atoms with E-state index in [1.165, 1.54) is 10.8 Å². The van der Waals surface area contributed by atoms with Gasteiger partial charge >= 0.3 is 5.69 Å². The minimum absolute atomic E-state index is 0.0336. The van der Waals surface area contributed by atoms with E-state index in [1.807, 2.05) is 26.0 Å². The Morgan fingerprint density at radius 3 is 2.45 bits per heavy atom. The van der Waals surface area contributed by atoms with Gasteiger partial charge in [0.15, 0.2) is 5.52 Å². The molecule has 4 aromatic rings. The Kier molecular flexibility index (Phi) is 5.33. The Balaban J connectivity index is 1.81. The summed E-state index contributed by atoms with van der Waals surface area (Å²) in [5, 5.41) is 7.20. The number of aryl methyl sites for hydroxylation is 3. The van der Waals surface area contributed by atoms with Crippen molar-refractivity contribution in [2.75, 3.05) is 5.32 Å².